The number of amides is 1. The number of hydrogen-bond donors (Lipinski definition) is 1. The first kappa shape index (κ1) is 10.5. The number of hydrogen-bond acceptors (Lipinski definition) is 5. The molecule has 0 unspecified atom stereocenters. The molecule has 1 N–H and O–H groups in total. The van der Waals surface area contributed by atoms with E-state index in [-0.39, 0.29) is 0 Å². The number of benzene rings is 1. The molecule has 2 rings (SSSR count). The Morgan fingerprint density at radius 1 is 1.38 bits per heavy atom. The summed E-state index contributed by atoms with van der Waals surface area (Å²) in [4.78, 5) is 19.6. The van der Waals surface area contributed by atoms with Gasteiger partial charge in [0.25, 0.3) is 15.9 Å². The van der Waals surface area contributed by atoms with Crippen molar-refractivity contribution >= 4 is 21.6 Å². The van der Waals surface area contributed by atoms with Gasteiger partial charge < -0.3 is 0 Å². The lowest BCUT2D eigenvalue weighted by Crippen LogP contribution is -2.21. The fraction of sp³-hybridized carbons (Fsp3) is 0. The van der Waals surface area contributed by atoms with Gasteiger partial charge in [0.2, 0.25) is 5.82 Å². The Bertz CT molecular complexity index is 624. The summed E-state index contributed by atoms with van der Waals surface area (Å²) in [5.74, 6) is -2.30. The van der Waals surface area contributed by atoms with Gasteiger partial charge >= 0.3 is 5.69 Å². The Labute approximate surface area is 88.1 Å². The van der Waals surface area contributed by atoms with Gasteiger partial charge in [-0.15, -0.1) is 0 Å². The third-order valence-electron chi connectivity index (χ3n) is 2.01. The molecule has 0 aromatic heterocycles. The Hall–Kier alpha value is -2.03. The van der Waals surface area contributed by atoms with Crippen LogP contribution in [0.25, 0.3) is 0 Å². The van der Waals surface area contributed by atoms with Crippen LogP contribution in [0.15, 0.2) is 17.0 Å². The molecule has 1 aromatic carbocycles. The second kappa shape index (κ2) is 2.98. The van der Waals surface area contributed by atoms with E-state index in [0.717, 1.165) is 6.07 Å². The number of nitro groups is 1. The highest BCUT2D eigenvalue weighted by Gasteiger charge is 2.41. The first-order valence-electron chi connectivity index (χ1n) is 3.88. The molecule has 0 saturated heterocycles. The van der Waals surface area contributed by atoms with Crippen molar-refractivity contribution in [2.24, 2.45) is 0 Å². The minimum Gasteiger partial charge on any atom is -0.268 e. The monoisotopic (exact) mass is 246 g/mol. The van der Waals surface area contributed by atoms with Crippen LogP contribution < -0.4 is 4.72 Å². The minimum absolute atomic E-state index is 0.423. The fourth-order valence-electron chi connectivity index (χ4n) is 1.40. The molecule has 7 nitrogen and oxygen atoms in total. The van der Waals surface area contributed by atoms with Gasteiger partial charge in [-0.3, -0.25) is 14.9 Å². The van der Waals surface area contributed by atoms with Crippen LogP contribution in [0.2, 0.25) is 0 Å². The van der Waals surface area contributed by atoms with Crippen LogP contribution >= 0.6 is 0 Å². The van der Waals surface area contributed by atoms with E-state index in [9.17, 15) is 27.7 Å². The predicted molar refractivity (Wildman–Crippen MR) is 47.7 cm³/mol. The number of nitrogens with one attached hydrogen (secondary N) is 1. The minimum atomic E-state index is -4.33. The van der Waals surface area contributed by atoms with Gasteiger partial charge in [0, 0.05) is 0 Å². The maximum Gasteiger partial charge on any atom is 0.326 e. The average molecular weight is 246 g/mol. The highest BCUT2D eigenvalue weighted by atomic mass is 32.2. The summed E-state index contributed by atoms with van der Waals surface area (Å²) in [5, 5.41) is 10.5. The van der Waals surface area contributed by atoms with Crippen molar-refractivity contribution in [1.29, 1.82) is 0 Å². The molecule has 1 aliphatic rings. The highest BCUT2D eigenvalue weighted by molar-refractivity contribution is 7.90. The standard InChI is InChI=1S/C7H3FN2O5S/c8-4-2-1-3-6(5(4)10(12)13)16(14,15)9-7(3)11/h1-2H,(H,9,11). The molecule has 0 spiro atoms. The van der Waals surface area contributed by atoms with Gasteiger partial charge in [-0.1, -0.05) is 0 Å². The normalized spacial score (nSPS) is 16.7. The predicted octanol–water partition coefficient (Wildman–Crippen LogP) is 0.166. The number of carbonyl (C=O) groups is 1. The van der Waals surface area contributed by atoms with Crippen molar-refractivity contribution in [3.8, 4) is 0 Å². The molecule has 1 aromatic rings. The van der Waals surface area contributed by atoms with Crippen LogP contribution in [0, 0.1) is 15.9 Å². The largest absolute Gasteiger partial charge is 0.326 e. The van der Waals surface area contributed by atoms with Crippen molar-refractivity contribution in [1.82, 2.24) is 4.72 Å². The second-order valence-electron chi connectivity index (χ2n) is 2.96. The van der Waals surface area contributed by atoms with E-state index in [2.05, 4.69) is 0 Å². The summed E-state index contributed by atoms with van der Waals surface area (Å²) in [7, 11) is -4.33. The molecule has 0 atom stereocenters. The molecule has 0 fully saturated rings. The molecule has 9 heteroatoms. The van der Waals surface area contributed by atoms with Gasteiger partial charge in [0.1, 0.15) is 0 Å². The van der Waals surface area contributed by atoms with Crippen LogP contribution in [-0.4, -0.2) is 19.2 Å². The number of halogens is 1. The SMILES string of the molecule is O=C1NS(=O)(=O)c2c1ccc(F)c2[N+](=O)[O-]. The molecule has 1 amide bonds. The van der Waals surface area contributed by atoms with E-state index in [1.807, 2.05) is 0 Å². The van der Waals surface area contributed by atoms with Crippen molar-refractivity contribution in [3.63, 3.8) is 0 Å². The van der Waals surface area contributed by atoms with Gasteiger partial charge in [-0.25, -0.2) is 13.1 Å². The topological polar surface area (TPSA) is 106 Å². The van der Waals surface area contributed by atoms with Crippen molar-refractivity contribution < 1.29 is 22.5 Å². The summed E-state index contributed by atoms with van der Waals surface area (Å²) >= 11 is 0. The van der Waals surface area contributed by atoms with Crippen molar-refractivity contribution in [2.75, 3.05) is 0 Å². The molecule has 0 bridgehead atoms. The molecular formula is C7H3FN2O5S. The van der Waals surface area contributed by atoms with Gasteiger partial charge in [0.15, 0.2) is 4.90 Å². The molecule has 0 saturated carbocycles. The van der Waals surface area contributed by atoms with Crippen LogP contribution in [0.1, 0.15) is 10.4 Å². The fourth-order valence-corrected chi connectivity index (χ4v) is 2.73. The van der Waals surface area contributed by atoms with Crippen LogP contribution in [-0.2, 0) is 10.0 Å². The Morgan fingerprint density at radius 2 is 2.00 bits per heavy atom. The zero-order chi connectivity index (χ0) is 12.1. The number of fused-ring (bicyclic) bond motifs is 1. The van der Waals surface area contributed by atoms with Crippen LogP contribution in [0.3, 0.4) is 0 Å². The van der Waals surface area contributed by atoms with Crippen molar-refractivity contribution in [3.05, 3.63) is 33.6 Å². The lowest BCUT2D eigenvalue weighted by Gasteiger charge is -1.98. The first-order valence-corrected chi connectivity index (χ1v) is 5.37. The molecule has 0 radical (unpaired) electrons. The molecule has 1 heterocycles. The summed E-state index contributed by atoms with van der Waals surface area (Å²) < 4.78 is 37.3. The molecular weight excluding hydrogens is 243 g/mol. The van der Waals surface area contributed by atoms with E-state index >= 15 is 0 Å². The van der Waals surface area contributed by atoms with E-state index in [4.69, 9.17) is 0 Å². The summed E-state index contributed by atoms with van der Waals surface area (Å²) in [6.07, 6.45) is 0. The van der Waals surface area contributed by atoms with Gasteiger partial charge in [-0.2, -0.15) is 4.39 Å². The smallest absolute Gasteiger partial charge is 0.268 e. The maximum atomic E-state index is 13.1. The van der Waals surface area contributed by atoms with E-state index in [1.165, 1.54) is 0 Å². The lowest BCUT2D eigenvalue weighted by atomic mass is 10.2. The number of nitrogens with zero attached hydrogens (tertiary/aromatic N) is 1. The van der Waals surface area contributed by atoms with Gasteiger partial charge in [-0.05, 0) is 12.1 Å². The molecule has 1 aliphatic heterocycles. The average Bonchev–Trinajstić information content (AvgIpc) is 2.36. The quantitative estimate of drug-likeness (QED) is 0.561. The summed E-state index contributed by atoms with van der Waals surface area (Å²) in [6.45, 7) is 0. The lowest BCUT2D eigenvalue weighted by molar-refractivity contribution is -0.390. The van der Waals surface area contributed by atoms with E-state index in [0.29, 0.717) is 6.07 Å². The van der Waals surface area contributed by atoms with Crippen molar-refractivity contribution in [2.45, 2.75) is 4.90 Å². The Balaban J connectivity index is 2.94. The Morgan fingerprint density at radius 3 is 2.56 bits per heavy atom. The zero-order valence-corrected chi connectivity index (χ0v) is 8.25. The zero-order valence-electron chi connectivity index (χ0n) is 7.43. The van der Waals surface area contributed by atoms with Gasteiger partial charge in [0.05, 0.1) is 10.5 Å². The number of sulfonamides is 1. The highest BCUT2D eigenvalue weighted by Crippen LogP contribution is 2.33. The Kier molecular flexibility index (Phi) is 1.95. The number of rotatable bonds is 1. The number of nitro benzene ring substituents is 1. The number of carbonyl (C=O) groups excluding carboxylic acids is 1. The molecule has 84 valence electrons. The second-order valence-corrected chi connectivity index (χ2v) is 4.58. The summed E-state index contributed by atoms with van der Waals surface area (Å²) in [6, 6.07) is 1.56. The maximum absolute atomic E-state index is 13.1. The summed E-state index contributed by atoms with van der Waals surface area (Å²) in [5.41, 5.74) is -1.64. The van der Waals surface area contributed by atoms with E-state index in [1.54, 1.807) is 4.72 Å². The third-order valence-corrected chi connectivity index (χ3v) is 3.41. The first-order chi connectivity index (χ1) is 7.34. The van der Waals surface area contributed by atoms with E-state index < -0.39 is 42.8 Å². The third kappa shape index (κ3) is 1.25. The van der Waals surface area contributed by atoms with Crippen LogP contribution in [0.4, 0.5) is 10.1 Å². The van der Waals surface area contributed by atoms with Crippen LogP contribution in [0.5, 0.6) is 0 Å². The molecule has 0 aliphatic carbocycles. The molecule has 16 heavy (non-hydrogen) atoms.